The molecule has 0 aromatic heterocycles. The van der Waals surface area contributed by atoms with E-state index < -0.39 is 18.0 Å². The summed E-state index contributed by atoms with van der Waals surface area (Å²) in [4.78, 5) is 36.5. The fraction of sp³-hybridized carbons (Fsp3) is 0.348. The zero-order chi connectivity index (χ0) is 22.7. The van der Waals surface area contributed by atoms with Crippen LogP contribution in [-0.4, -0.2) is 50.2 Å². The van der Waals surface area contributed by atoms with E-state index in [9.17, 15) is 18.8 Å². The zero-order valence-corrected chi connectivity index (χ0v) is 17.7. The first-order valence-corrected chi connectivity index (χ1v) is 10.5. The van der Waals surface area contributed by atoms with E-state index in [-0.39, 0.29) is 30.8 Å². The first-order valence-electron chi connectivity index (χ1n) is 10.5. The van der Waals surface area contributed by atoms with Crippen LogP contribution in [0.3, 0.4) is 0 Å². The molecule has 0 unspecified atom stereocenters. The fourth-order valence-electron chi connectivity index (χ4n) is 3.61. The zero-order valence-electron chi connectivity index (χ0n) is 17.7. The summed E-state index contributed by atoms with van der Waals surface area (Å²) in [5.41, 5.74) is 2.43. The highest BCUT2D eigenvalue weighted by Gasteiger charge is 2.32. The summed E-state index contributed by atoms with van der Waals surface area (Å²) in [6.07, 6.45) is -1.06. The van der Waals surface area contributed by atoms with Crippen molar-refractivity contribution in [3.05, 3.63) is 53.8 Å². The lowest BCUT2D eigenvalue weighted by Crippen LogP contribution is -2.50. The minimum atomic E-state index is -0.573. The van der Waals surface area contributed by atoms with Crippen LogP contribution in [-0.2, 0) is 20.9 Å². The Kier molecular flexibility index (Phi) is 6.36. The highest BCUT2D eigenvalue weighted by Crippen LogP contribution is 2.29. The summed E-state index contributed by atoms with van der Waals surface area (Å²) in [7, 11) is 0. The van der Waals surface area contributed by atoms with Gasteiger partial charge in [0.25, 0.3) is 0 Å². The Bertz CT molecular complexity index is 1020. The van der Waals surface area contributed by atoms with E-state index >= 15 is 0 Å². The molecule has 2 aliphatic rings. The highest BCUT2D eigenvalue weighted by atomic mass is 19.1. The van der Waals surface area contributed by atoms with Crippen molar-refractivity contribution in [2.75, 3.05) is 31.1 Å². The van der Waals surface area contributed by atoms with Crippen LogP contribution in [0, 0.1) is 11.7 Å². The number of halogens is 1. The number of cyclic esters (lactones) is 1. The first-order chi connectivity index (χ1) is 15.4. The molecule has 2 aromatic carbocycles. The van der Waals surface area contributed by atoms with Crippen molar-refractivity contribution in [2.45, 2.75) is 19.6 Å². The molecule has 2 aromatic rings. The van der Waals surface area contributed by atoms with Crippen LogP contribution >= 0.6 is 0 Å². The van der Waals surface area contributed by atoms with Gasteiger partial charge in [-0.3, -0.25) is 14.5 Å². The molecule has 3 N–H and O–H groups in total. The predicted molar refractivity (Wildman–Crippen MR) is 116 cm³/mol. The molecule has 32 heavy (non-hydrogen) atoms. The third-order valence-corrected chi connectivity index (χ3v) is 5.60. The van der Waals surface area contributed by atoms with E-state index in [2.05, 4.69) is 16.0 Å². The SMILES string of the molecule is CC(=O)NC[C@H]1CN(c2ccc(-c3ccc(CNC(=O)C4CNC4)cc3)c(F)c2)C(=O)O1. The summed E-state index contributed by atoms with van der Waals surface area (Å²) < 4.78 is 20.1. The van der Waals surface area contributed by atoms with Crippen molar-refractivity contribution < 1.29 is 23.5 Å². The second-order valence-corrected chi connectivity index (χ2v) is 7.99. The van der Waals surface area contributed by atoms with Crippen LogP contribution in [0.4, 0.5) is 14.9 Å². The molecule has 2 heterocycles. The van der Waals surface area contributed by atoms with Crippen molar-refractivity contribution in [3.8, 4) is 11.1 Å². The van der Waals surface area contributed by atoms with Crippen LogP contribution < -0.4 is 20.9 Å². The fourth-order valence-corrected chi connectivity index (χ4v) is 3.61. The molecule has 3 amide bonds. The van der Waals surface area contributed by atoms with Crippen LogP contribution in [0.1, 0.15) is 12.5 Å². The number of hydrogen-bond acceptors (Lipinski definition) is 5. The van der Waals surface area contributed by atoms with E-state index in [4.69, 9.17) is 4.74 Å². The molecule has 0 spiro atoms. The van der Waals surface area contributed by atoms with E-state index in [1.165, 1.54) is 17.9 Å². The smallest absolute Gasteiger partial charge is 0.414 e. The Morgan fingerprint density at radius 1 is 1.16 bits per heavy atom. The number of amides is 3. The minimum Gasteiger partial charge on any atom is -0.442 e. The Hall–Kier alpha value is -3.46. The lowest BCUT2D eigenvalue weighted by Gasteiger charge is -2.25. The van der Waals surface area contributed by atoms with Crippen LogP contribution in [0.2, 0.25) is 0 Å². The molecular formula is C23H25FN4O4. The number of carbonyl (C=O) groups excluding carboxylic acids is 3. The molecule has 2 fully saturated rings. The van der Waals surface area contributed by atoms with Gasteiger partial charge in [0.05, 0.1) is 24.7 Å². The summed E-state index contributed by atoms with van der Waals surface area (Å²) in [6.45, 7) is 3.68. The van der Waals surface area contributed by atoms with Gasteiger partial charge in [-0.25, -0.2) is 9.18 Å². The Morgan fingerprint density at radius 3 is 2.53 bits per heavy atom. The van der Waals surface area contributed by atoms with Gasteiger partial charge in [-0.15, -0.1) is 0 Å². The second-order valence-electron chi connectivity index (χ2n) is 7.99. The van der Waals surface area contributed by atoms with Crippen molar-refractivity contribution in [1.82, 2.24) is 16.0 Å². The molecule has 4 rings (SSSR count). The largest absolute Gasteiger partial charge is 0.442 e. The highest BCUT2D eigenvalue weighted by molar-refractivity contribution is 5.90. The second kappa shape index (κ2) is 9.35. The van der Waals surface area contributed by atoms with E-state index in [1.807, 2.05) is 12.1 Å². The number of nitrogens with one attached hydrogen (secondary N) is 3. The lowest BCUT2D eigenvalue weighted by molar-refractivity contribution is -0.126. The van der Waals surface area contributed by atoms with Crippen molar-refractivity contribution in [2.24, 2.45) is 5.92 Å². The minimum absolute atomic E-state index is 0.0363. The third kappa shape index (κ3) is 4.88. The van der Waals surface area contributed by atoms with E-state index in [1.54, 1.807) is 24.3 Å². The molecule has 0 saturated carbocycles. The molecule has 8 nitrogen and oxygen atoms in total. The average molecular weight is 440 g/mol. The van der Waals surface area contributed by atoms with Crippen molar-refractivity contribution >= 4 is 23.6 Å². The van der Waals surface area contributed by atoms with Gasteiger partial charge in [-0.2, -0.15) is 0 Å². The molecule has 0 radical (unpaired) electrons. The molecule has 0 aliphatic carbocycles. The van der Waals surface area contributed by atoms with Gasteiger partial charge >= 0.3 is 6.09 Å². The molecule has 168 valence electrons. The Labute approximate surface area is 185 Å². The summed E-state index contributed by atoms with van der Waals surface area (Å²) in [6, 6.07) is 11.9. The average Bonchev–Trinajstić information content (AvgIpc) is 3.10. The van der Waals surface area contributed by atoms with Gasteiger partial charge in [0.15, 0.2) is 0 Å². The number of carbonyl (C=O) groups is 3. The van der Waals surface area contributed by atoms with Gasteiger partial charge in [-0.1, -0.05) is 24.3 Å². The van der Waals surface area contributed by atoms with Crippen LogP contribution in [0.25, 0.3) is 11.1 Å². The Morgan fingerprint density at radius 2 is 1.91 bits per heavy atom. The van der Waals surface area contributed by atoms with Gasteiger partial charge in [0, 0.05) is 32.1 Å². The van der Waals surface area contributed by atoms with Gasteiger partial charge < -0.3 is 20.7 Å². The molecule has 9 heteroatoms. The first kappa shape index (κ1) is 21.8. The topological polar surface area (TPSA) is 99.8 Å². The number of nitrogens with zero attached hydrogens (tertiary/aromatic N) is 1. The van der Waals surface area contributed by atoms with Crippen molar-refractivity contribution in [1.29, 1.82) is 0 Å². The number of rotatable bonds is 7. The summed E-state index contributed by atoms with van der Waals surface area (Å²) in [5, 5.41) is 8.58. The summed E-state index contributed by atoms with van der Waals surface area (Å²) in [5.74, 6) is -0.595. The van der Waals surface area contributed by atoms with Gasteiger partial charge in [0.1, 0.15) is 11.9 Å². The molecule has 1 atom stereocenters. The van der Waals surface area contributed by atoms with Crippen LogP contribution in [0.15, 0.2) is 42.5 Å². The van der Waals surface area contributed by atoms with E-state index in [0.29, 0.717) is 36.4 Å². The standard InChI is InChI=1S/C23H25FN4O4/c1-14(29)26-12-19-13-28(23(31)32-19)18-6-7-20(21(24)8-18)16-4-2-15(3-5-16)9-27-22(30)17-10-25-11-17/h2-8,17,19,25H,9-13H2,1H3,(H,26,29)(H,27,30)/t19-/m0/s1. The molecule has 2 aliphatic heterocycles. The van der Waals surface area contributed by atoms with Gasteiger partial charge in [0.2, 0.25) is 11.8 Å². The Balaban J connectivity index is 1.39. The molecular weight excluding hydrogens is 415 g/mol. The normalized spacial score (nSPS) is 18.1. The number of anilines is 1. The maximum Gasteiger partial charge on any atom is 0.414 e. The predicted octanol–water partition coefficient (Wildman–Crippen LogP) is 1.79. The quantitative estimate of drug-likeness (QED) is 0.610. The summed E-state index contributed by atoms with van der Waals surface area (Å²) >= 11 is 0. The van der Waals surface area contributed by atoms with Crippen LogP contribution in [0.5, 0.6) is 0 Å². The number of ether oxygens (including phenoxy) is 1. The maximum atomic E-state index is 14.9. The third-order valence-electron chi connectivity index (χ3n) is 5.60. The molecule has 2 saturated heterocycles. The monoisotopic (exact) mass is 440 g/mol. The van der Waals surface area contributed by atoms with E-state index in [0.717, 1.165) is 5.56 Å². The van der Waals surface area contributed by atoms with Gasteiger partial charge in [-0.05, 0) is 29.3 Å². The molecule has 0 bridgehead atoms. The maximum absolute atomic E-state index is 14.9. The number of hydrogen-bond donors (Lipinski definition) is 3. The number of benzene rings is 2. The lowest BCUT2D eigenvalue weighted by atomic mass is 10.0. The van der Waals surface area contributed by atoms with Crippen molar-refractivity contribution in [3.63, 3.8) is 0 Å².